The molecule has 0 amide bonds. The lowest BCUT2D eigenvalue weighted by Gasteiger charge is -2.19. The maximum absolute atomic E-state index is 4.41. The van der Waals surface area contributed by atoms with Crippen LogP contribution in [-0.2, 0) is 6.42 Å². The zero-order valence-electron chi connectivity index (χ0n) is 11.6. The molecule has 3 nitrogen and oxygen atoms in total. The molecule has 0 spiro atoms. The van der Waals surface area contributed by atoms with E-state index in [4.69, 9.17) is 0 Å². The third-order valence-electron chi connectivity index (χ3n) is 4.07. The molecular weight excluding hydrogens is 242 g/mol. The molecule has 1 aromatic heterocycles. The fraction of sp³-hybridized carbons (Fsp3) is 0.857. The zero-order valence-corrected chi connectivity index (χ0v) is 12.4. The highest BCUT2D eigenvalue weighted by Crippen LogP contribution is 2.57. The largest absolute Gasteiger partial charge is 0.312 e. The number of nitrogens with zero attached hydrogens (tertiary/aromatic N) is 2. The molecule has 4 heteroatoms. The Hall–Kier alpha value is -0.480. The SMILES string of the molecule is CC(C)(C)NCCc1nnc(C2CC3CC3C2)s1. The van der Waals surface area contributed by atoms with Crippen LogP contribution in [0, 0.1) is 11.8 Å². The highest BCUT2D eigenvalue weighted by molar-refractivity contribution is 7.11. The minimum Gasteiger partial charge on any atom is -0.312 e. The van der Waals surface area contributed by atoms with Crippen LogP contribution >= 0.6 is 11.3 Å². The van der Waals surface area contributed by atoms with Crippen LogP contribution in [0.5, 0.6) is 0 Å². The first kappa shape index (κ1) is 12.5. The van der Waals surface area contributed by atoms with Crippen molar-refractivity contribution in [2.24, 2.45) is 11.8 Å². The van der Waals surface area contributed by atoms with Crippen LogP contribution in [-0.4, -0.2) is 22.3 Å². The van der Waals surface area contributed by atoms with E-state index in [0.29, 0.717) is 0 Å². The predicted octanol–water partition coefficient (Wildman–Crippen LogP) is 2.98. The number of hydrogen-bond acceptors (Lipinski definition) is 4. The molecule has 3 rings (SSSR count). The Bertz CT molecular complexity index is 411. The lowest BCUT2D eigenvalue weighted by molar-refractivity contribution is 0.429. The van der Waals surface area contributed by atoms with Crippen LogP contribution in [0.1, 0.15) is 56.0 Å². The van der Waals surface area contributed by atoms with Crippen molar-refractivity contribution in [3.63, 3.8) is 0 Å². The molecule has 100 valence electrons. The highest BCUT2D eigenvalue weighted by atomic mass is 32.1. The summed E-state index contributed by atoms with van der Waals surface area (Å²) in [4.78, 5) is 0. The molecule has 2 atom stereocenters. The Morgan fingerprint density at radius 2 is 1.89 bits per heavy atom. The molecule has 0 radical (unpaired) electrons. The lowest BCUT2D eigenvalue weighted by atomic mass is 10.1. The van der Waals surface area contributed by atoms with Crippen LogP contribution in [0.2, 0.25) is 0 Å². The molecule has 0 bridgehead atoms. The van der Waals surface area contributed by atoms with E-state index in [-0.39, 0.29) is 5.54 Å². The van der Waals surface area contributed by atoms with Gasteiger partial charge in [0.1, 0.15) is 10.0 Å². The van der Waals surface area contributed by atoms with Gasteiger partial charge in [-0.3, -0.25) is 0 Å². The fourth-order valence-corrected chi connectivity index (χ4v) is 3.96. The van der Waals surface area contributed by atoms with Crippen LogP contribution in [0.15, 0.2) is 0 Å². The highest BCUT2D eigenvalue weighted by Gasteiger charge is 2.47. The molecule has 1 N–H and O–H groups in total. The molecule has 2 unspecified atom stereocenters. The summed E-state index contributed by atoms with van der Waals surface area (Å²) in [6.45, 7) is 7.59. The summed E-state index contributed by atoms with van der Waals surface area (Å²) in [6.07, 6.45) is 5.24. The summed E-state index contributed by atoms with van der Waals surface area (Å²) in [6, 6.07) is 0. The summed E-state index contributed by atoms with van der Waals surface area (Å²) < 4.78 is 0. The van der Waals surface area contributed by atoms with E-state index in [2.05, 4.69) is 36.3 Å². The summed E-state index contributed by atoms with van der Waals surface area (Å²) >= 11 is 1.84. The van der Waals surface area contributed by atoms with E-state index in [0.717, 1.165) is 30.7 Å². The Morgan fingerprint density at radius 1 is 1.17 bits per heavy atom. The average Bonchev–Trinajstić information content (AvgIpc) is 2.75. The molecule has 2 aliphatic carbocycles. The third kappa shape index (κ3) is 2.91. The first-order chi connectivity index (χ1) is 8.51. The third-order valence-corrected chi connectivity index (χ3v) is 5.22. The lowest BCUT2D eigenvalue weighted by Crippen LogP contribution is -2.37. The van der Waals surface area contributed by atoms with Gasteiger partial charge >= 0.3 is 0 Å². The van der Waals surface area contributed by atoms with Crippen molar-refractivity contribution in [3.8, 4) is 0 Å². The van der Waals surface area contributed by atoms with Crippen LogP contribution in [0.4, 0.5) is 0 Å². The molecule has 1 aromatic rings. The van der Waals surface area contributed by atoms with E-state index < -0.39 is 0 Å². The van der Waals surface area contributed by atoms with Crippen molar-refractivity contribution in [1.29, 1.82) is 0 Å². The summed E-state index contributed by atoms with van der Waals surface area (Å²) in [7, 11) is 0. The maximum atomic E-state index is 4.41. The number of rotatable bonds is 4. The smallest absolute Gasteiger partial charge is 0.120 e. The quantitative estimate of drug-likeness (QED) is 0.909. The molecule has 0 saturated heterocycles. The molecule has 2 aliphatic rings. The predicted molar refractivity (Wildman–Crippen MR) is 74.9 cm³/mol. The van der Waals surface area contributed by atoms with Crippen LogP contribution < -0.4 is 5.32 Å². The van der Waals surface area contributed by atoms with Gasteiger partial charge in [-0.05, 0) is 51.9 Å². The Labute approximate surface area is 113 Å². The fourth-order valence-electron chi connectivity index (χ4n) is 2.99. The summed E-state index contributed by atoms with van der Waals surface area (Å²) in [5.41, 5.74) is 0.195. The van der Waals surface area contributed by atoms with Gasteiger partial charge in [0.2, 0.25) is 0 Å². The molecule has 18 heavy (non-hydrogen) atoms. The van der Waals surface area contributed by atoms with Gasteiger partial charge in [0.15, 0.2) is 0 Å². The van der Waals surface area contributed by atoms with Crippen LogP contribution in [0.3, 0.4) is 0 Å². The zero-order chi connectivity index (χ0) is 12.8. The number of aromatic nitrogens is 2. The van der Waals surface area contributed by atoms with Crippen molar-refractivity contribution < 1.29 is 0 Å². The number of hydrogen-bond donors (Lipinski definition) is 1. The van der Waals surface area contributed by atoms with Gasteiger partial charge in [-0.25, -0.2) is 0 Å². The van der Waals surface area contributed by atoms with E-state index in [1.165, 1.54) is 29.3 Å². The van der Waals surface area contributed by atoms with E-state index in [1.807, 2.05) is 11.3 Å². The molecule has 0 aliphatic heterocycles. The van der Waals surface area contributed by atoms with Crippen molar-refractivity contribution in [1.82, 2.24) is 15.5 Å². The first-order valence-corrected chi connectivity index (χ1v) is 7.90. The second-order valence-corrected chi connectivity index (χ2v) is 7.98. The van der Waals surface area contributed by atoms with Gasteiger partial charge in [0.25, 0.3) is 0 Å². The maximum Gasteiger partial charge on any atom is 0.120 e. The van der Waals surface area contributed by atoms with Crippen molar-refractivity contribution in [2.75, 3.05) is 6.54 Å². The Morgan fingerprint density at radius 3 is 2.56 bits per heavy atom. The number of nitrogens with one attached hydrogen (secondary N) is 1. The Balaban J connectivity index is 1.50. The first-order valence-electron chi connectivity index (χ1n) is 7.08. The standard InChI is InChI=1S/C14H23N3S/c1-14(2,3)15-5-4-12-16-17-13(18-12)11-7-9-6-10(9)8-11/h9-11,15H,4-8H2,1-3H3. The second-order valence-electron chi connectivity index (χ2n) is 6.89. The van der Waals surface area contributed by atoms with E-state index >= 15 is 0 Å². The molecular formula is C14H23N3S. The minimum atomic E-state index is 0.195. The normalized spacial score (nSPS) is 30.5. The van der Waals surface area contributed by atoms with Crippen molar-refractivity contribution in [3.05, 3.63) is 10.0 Å². The van der Waals surface area contributed by atoms with Gasteiger partial charge in [0, 0.05) is 24.4 Å². The second kappa shape index (κ2) is 4.57. The van der Waals surface area contributed by atoms with Crippen LogP contribution in [0.25, 0.3) is 0 Å². The average molecular weight is 265 g/mol. The van der Waals surface area contributed by atoms with Gasteiger partial charge in [-0.1, -0.05) is 0 Å². The Kier molecular flexibility index (Phi) is 3.18. The van der Waals surface area contributed by atoms with Crippen molar-refractivity contribution >= 4 is 11.3 Å². The van der Waals surface area contributed by atoms with Gasteiger partial charge < -0.3 is 5.32 Å². The minimum absolute atomic E-state index is 0.195. The van der Waals surface area contributed by atoms with E-state index in [1.54, 1.807) is 0 Å². The summed E-state index contributed by atoms with van der Waals surface area (Å²) in [5.74, 6) is 2.80. The molecule has 0 aromatic carbocycles. The monoisotopic (exact) mass is 265 g/mol. The molecule has 2 saturated carbocycles. The van der Waals surface area contributed by atoms with E-state index in [9.17, 15) is 0 Å². The van der Waals surface area contributed by atoms with Gasteiger partial charge in [0.05, 0.1) is 0 Å². The molecule has 1 heterocycles. The van der Waals surface area contributed by atoms with Gasteiger partial charge in [-0.15, -0.1) is 21.5 Å². The topological polar surface area (TPSA) is 37.8 Å². The van der Waals surface area contributed by atoms with Gasteiger partial charge in [-0.2, -0.15) is 0 Å². The summed E-state index contributed by atoms with van der Waals surface area (Å²) in [5, 5.41) is 14.8. The number of fused-ring (bicyclic) bond motifs is 1. The molecule has 2 fully saturated rings. The van der Waals surface area contributed by atoms with Crippen molar-refractivity contribution in [2.45, 2.75) is 57.9 Å².